The van der Waals surface area contributed by atoms with Gasteiger partial charge < -0.3 is 5.32 Å². The molecule has 1 aromatic heterocycles. The summed E-state index contributed by atoms with van der Waals surface area (Å²) in [5.74, 6) is -0.132. The normalized spacial score (nSPS) is 12.0. The van der Waals surface area contributed by atoms with Crippen molar-refractivity contribution < 1.29 is 4.79 Å². The highest BCUT2D eigenvalue weighted by atomic mass is 32.2. The van der Waals surface area contributed by atoms with E-state index in [0.29, 0.717) is 16.1 Å². The molecule has 6 heteroatoms. The Hall–Kier alpha value is -3.38. The summed E-state index contributed by atoms with van der Waals surface area (Å²) >= 11 is 1.29. The van der Waals surface area contributed by atoms with Crippen LogP contribution in [0.4, 0.5) is 5.69 Å². The lowest BCUT2D eigenvalue weighted by atomic mass is 10.1. The van der Waals surface area contributed by atoms with Gasteiger partial charge in [-0.25, -0.2) is 4.98 Å². The Morgan fingerprint density at radius 3 is 2.33 bits per heavy atom. The summed E-state index contributed by atoms with van der Waals surface area (Å²) < 4.78 is 1.63. The first kappa shape index (κ1) is 22.8. The third kappa shape index (κ3) is 4.57. The van der Waals surface area contributed by atoms with Crippen LogP contribution in [-0.4, -0.2) is 20.7 Å². The zero-order valence-corrected chi connectivity index (χ0v) is 20.3. The summed E-state index contributed by atoms with van der Waals surface area (Å²) in [5, 5.41) is 3.64. The molecule has 0 radical (unpaired) electrons. The Kier molecular flexibility index (Phi) is 6.38. The molecule has 4 aromatic rings. The topological polar surface area (TPSA) is 64.0 Å². The molecule has 0 aliphatic carbocycles. The van der Waals surface area contributed by atoms with E-state index in [2.05, 4.69) is 5.32 Å². The van der Waals surface area contributed by atoms with Crippen molar-refractivity contribution in [1.82, 2.24) is 9.55 Å². The number of rotatable bonds is 5. The Morgan fingerprint density at radius 2 is 1.64 bits per heavy atom. The van der Waals surface area contributed by atoms with Gasteiger partial charge in [0.2, 0.25) is 5.91 Å². The molecule has 4 rings (SSSR count). The number of thioether (sulfide) groups is 1. The Balaban J connectivity index is 1.76. The van der Waals surface area contributed by atoms with Crippen LogP contribution in [0.25, 0.3) is 16.6 Å². The number of fused-ring (bicyclic) bond motifs is 1. The quantitative estimate of drug-likeness (QED) is 0.307. The minimum atomic E-state index is -0.464. The molecular formula is C27H27N3O2S. The van der Waals surface area contributed by atoms with Crippen LogP contribution in [0, 0.1) is 27.7 Å². The number of carbonyl (C=O) groups is 1. The van der Waals surface area contributed by atoms with Crippen molar-refractivity contribution in [2.24, 2.45) is 0 Å². The van der Waals surface area contributed by atoms with Gasteiger partial charge in [-0.2, -0.15) is 0 Å². The van der Waals surface area contributed by atoms with Gasteiger partial charge in [0.25, 0.3) is 5.56 Å². The van der Waals surface area contributed by atoms with E-state index < -0.39 is 5.25 Å². The fourth-order valence-corrected chi connectivity index (χ4v) is 4.83. The standard InChI is InChI=1S/C27H27N3O2S/c1-16-13-14-23(19(4)15-16)30-26(32)21-11-6-7-12-22(21)28-27(30)33-20(5)25(31)29-24-17(2)9-8-10-18(24)3/h6-15,20H,1-5H3,(H,29,31). The Labute approximate surface area is 197 Å². The second-order valence-electron chi connectivity index (χ2n) is 8.36. The van der Waals surface area contributed by atoms with E-state index in [4.69, 9.17) is 4.98 Å². The number of aryl methyl sites for hydroxylation is 4. The summed E-state index contributed by atoms with van der Waals surface area (Å²) in [6, 6.07) is 19.2. The summed E-state index contributed by atoms with van der Waals surface area (Å²) in [4.78, 5) is 31.4. The van der Waals surface area contributed by atoms with Gasteiger partial charge in [-0.3, -0.25) is 14.2 Å². The van der Waals surface area contributed by atoms with E-state index in [1.165, 1.54) is 11.8 Å². The van der Waals surface area contributed by atoms with Crippen molar-refractivity contribution in [3.8, 4) is 5.69 Å². The first-order chi connectivity index (χ1) is 15.8. The highest BCUT2D eigenvalue weighted by Crippen LogP contribution is 2.28. The van der Waals surface area contributed by atoms with E-state index in [1.54, 1.807) is 10.6 Å². The fraction of sp³-hybridized carbons (Fsp3) is 0.222. The van der Waals surface area contributed by atoms with Crippen LogP contribution in [0.2, 0.25) is 0 Å². The molecule has 1 amide bonds. The molecule has 1 unspecified atom stereocenters. The first-order valence-corrected chi connectivity index (χ1v) is 11.8. The van der Waals surface area contributed by atoms with Crippen LogP contribution in [0.3, 0.4) is 0 Å². The number of hydrogen-bond acceptors (Lipinski definition) is 4. The number of para-hydroxylation sites is 2. The second kappa shape index (κ2) is 9.24. The zero-order valence-electron chi connectivity index (χ0n) is 19.5. The lowest BCUT2D eigenvalue weighted by Gasteiger charge is -2.19. The number of anilines is 1. The number of hydrogen-bond donors (Lipinski definition) is 1. The van der Waals surface area contributed by atoms with Crippen LogP contribution in [0.1, 0.15) is 29.2 Å². The fourth-order valence-electron chi connectivity index (χ4n) is 3.91. The Morgan fingerprint density at radius 1 is 0.939 bits per heavy atom. The van der Waals surface area contributed by atoms with Crippen molar-refractivity contribution in [3.05, 3.63) is 93.3 Å². The van der Waals surface area contributed by atoms with Gasteiger partial charge in [-0.05, 0) is 69.5 Å². The molecule has 0 bridgehead atoms. The monoisotopic (exact) mass is 457 g/mol. The molecule has 0 aliphatic heterocycles. The third-order valence-electron chi connectivity index (χ3n) is 5.72. The van der Waals surface area contributed by atoms with Crippen LogP contribution < -0.4 is 10.9 Å². The van der Waals surface area contributed by atoms with Gasteiger partial charge >= 0.3 is 0 Å². The van der Waals surface area contributed by atoms with E-state index in [9.17, 15) is 9.59 Å². The second-order valence-corrected chi connectivity index (χ2v) is 9.67. The summed E-state index contributed by atoms with van der Waals surface area (Å²) in [5.41, 5.74) is 6.19. The van der Waals surface area contributed by atoms with Crippen molar-refractivity contribution in [3.63, 3.8) is 0 Å². The highest BCUT2D eigenvalue weighted by Gasteiger charge is 2.22. The van der Waals surface area contributed by atoms with Gasteiger partial charge in [-0.1, -0.05) is 59.8 Å². The molecule has 1 atom stereocenters. The predicted molar refractivity (Wildman–Crippen MR) is 137 cm³/mol. The van der Waals surface area contributed by atoms with Crippen molar-refractivity contribution in [2.45, 2.75) is 45.0 Å². The minimum Gasteiger partial charge on any atom is -0.325 e. The molecule has 1 N–H and O–H groups in total. The van der Waals surface area contributed by atoms with Crippen LogP contribution in [0.5, 0.6) is 0 Å². The summed E-state index contributed by atoms with van der Waals surface area (Å²) in [6.45, 7) is 9.79. The number of aromatic nitrogens is 2. The average Bonchev–Trinajstić information content (AvgIpc) is 2.77. The Bertz CT molecular complexity index is 1400. The van der Waals surface area contributed by atoms with Crippen molar-refractivity contribution >= 4 is 34.3 Å². The molecule has 0 spiro atoms. The highest BCUT2D eigenvalue weighted by molar-refractivity contribution is 8.00. The average molecular weight is 458 g/mol. The first-order valence-electron chi connectivity index (χ1n) is 10.9. The molecule has 5 nitrogen and oxygen atoms in total. The van der Waals surface area contributed by atoms with Gasteiger partial charge in [0, 0.05) is 5.69 Å². The maximum absolute atomic E-state index is 13.5. The van der Waals surface area contributed by atoms with Crippen molar-refractivity contribution in [2.75, 3.05) is 5.32 Å². The molecular weight excluding hydrogens is 430 g/mol. The van der Waals surface area contributed by atoms with Crippen molar-refractivity contribution in [1.29, 1.82) is 0 Å². The summed E-state index contributed by atoms with van der Waals surface area (Å²) in [7, 11) is 0. The number of nitrogens with one attached hydrogen (secondary N) is 1. The smallest absolute Gasteiger partial charge is 0.266 e. The molecule has 3 aromatic carbocycles. The van der Waals surface area contributed by atoms with Crippen LogP contribution in [-0.2, 0) is 4.79 Å². The van der Waals surface area contributed by atoms with Gasteiger partial charge in [-0.15, -0.1) is 0 Å². The number of carbonyl (C=O) groups excluding carboxylic acids is 1. The predicted octanol–water partition coefficient (Wildman–Crippen LogP) is 5.74. The summed E-state index contributed by atoms with van der Waals surface area (Å²) in [6.07, 6.45) is 0. The molecule has 33 heavy (non-hydrogen) atoms. The molecule has 168 valence electrons. The van der Waals surface area contributed by atoms with Gasteiger partial charge in [0.15, 0.2) is 5.16 Å². The van der Waals surface area contributed by atoms with E-state index >= 15 is 0 Å². The maximum atomic E-state index is 13.5. The molecule has 0 saturated heterocycles. The lowest BCUT2D eigenvalue weighted by Crippen LogP contribution is -2.27. The minimum absolute atomic E-state index is 0.132. The SMILES string of the molecule is Cc1ccc(-n2c(SC(C)C(=O)Nc3c(C)cccc3C)nc3ccccc3c2=O)c(C)c1. The van der Waals surface area contributed by atoms with E-state index in [1.807, 2.05) is 89.2 Å². The van der Waals surface area contributed by atoms with Gasteiger partial charge in [0.1, 0.15) is 0 Å². The van der Waals surface area contributed by atoms with E-state index in [0.717, 1.165) is 33.6 Å². The van der Waals surface area contributed by atoms with E-state index in [-0.39, 0.29) is 11.5 Å². The lowest BCUT2D eigenvalue weighted by molar-refractivity contribution is -0.115. The maximum Gasteiger partial charge on any atom is 0.266 e. The molecule has 0 aliphatic rings. The number of benzene rings is 3. The molecule has 1 heterocycles. The van der Waals surface area contributed by atoms with Crippen LogP contribution in [0.15, 0.2) is 70.6 Å². The zero-order chi connectivity index (χ0) is 23.7. The number of nitrogens with zero attached hydrogens (tertiary/aromatic N) is 2. The van der Waals surface area contributed by atoms with Crippen LogP contribution >= 0.6 is 11.8 Å². The third-order valence-corrected chi connectivity index (χ3v) is 6.77. The van der Waals surface area contributed by atoms with Gasteiger partial charge in [0.05, 0.1) is 21.8 Å². The molecule has 0 fully saturated rings. The largest absolute Gasteiger partial charge is 0.325 e. The number of amides is 1. The molecule has 0 saturated carbocycles.